The largest absolute Gasteiger partial charge is 0.396 e. The summed E-state index contributed by atoms with van der Waals surface area (Å²) in [7, 11) is 0. The zero-order valence-electron chi connectivity index (χ0n) is 9.66. The lowest BCUT2D eigenvalue weighted by atomic mass is 9.89. The molecule has 0 bridgehead atoms. The molecule has 1 N–H and O–H groups in total. The number of rotatable bonds is 4. The van der Waals surface area contributed by atoms with Crippen molar-refractivity contribution in [2.45, 2.75) is 39.0 Å². The highest BCUT2D eigenvalue weighted by Crippen LogP contribution is 2.44. The molecule has 0 aromatic heterocycles. The summed E-state index contributed by atoms with van der Waals surface area (Å²) >= 11 is 0. The molecule has 0 saturated heterocycles. The zero-order valence-corrected chi connectivity index (χ0v) is 9.66. The topological polar surface area (TPSA) is 20.2 Å². The molecule has 1 unspecified atom stereocenters. The SMILES string of the molecule is Cc1ccc(C(CCO)C2CC2)cc1C. The lowest BCUT2D eigenvalue weighted by Gasteiger charge is -2.16. The summed E-state index contributed by atoms with van der Waals surface area (Å²) in [5.74, 6) is 1.42. The molecule has 0 amide bonds. The fourth-order valence-electron chi connectivity index (χ4n) is 2.31. The molecule has 15 heavy (non-hydrogen) atoms. The first kappa shape index (κ1) is 10.7. The van der Waals surface area contributed by atoms with E-state index in [0.717, 1.165) is 12.3 Å². The molecule has 0 aliphatic heterocycles. The average molecular weight is 204 g/mol. The minimum Gasteiger partial charge on any atom is -0.396 e. The van der Waals surface area contributed by atoms with Gasteiger partial charge in [-0.1, -0.05) is 18.2 Å². The Labute approximate surface area is 92.1 Å². The lowest BCUT2D eigenvalue weighted by molar-refractivity contribution is 0.270. The van der Waals surface area contributed by atoms with Crippen LogP contribution in [0.15, 0.2) is 18.2 Å². The van der Waals surface area contributed by atoms with Crippen LogP contribution in [0.2, 0.25) is 0 Å². The van der Waals surface area contributed by atoms with Crippen LogP contribution in [0.4, 0.5) is 0 Å². The first-order valence-electron chi connectivity index (χ1n) is 5.90. The molecule has 1 atom stereocenters. The van der Waals surface area contributed by atoms with Crippen LogP contribution < -0.4 is 0 Å². The van der Waals surface area contributed by atoms with Gasteiger partial charge in [0.2, 0.25) is 0 Å². The van der Waals surface area contributed by atoms with E-state index in [4.69, 9.17) is 5.11 Å². The van der Waals surface area contributed by atoms with Gasteiger partial charge in [0.1, 0.15) is 0 Å². The predicted molar refractivity (Wildman–Crippen MR) is 63.1 cm³/mol. The summed E-state index contributed by atoms with van der Waals surface area (Å²) in [6.07, 6.45) is 3.61. The van der Waals surface area contributed by atoms with E-state index >= 15 is 0 Å². The van der Waals surface area contributed by atoms with Gasteiger partial charge >= 0.3 is 0 Å². The van der Waals surface area contributed by atoms with Gasteiger partial charge in [-0.05, 0) is 61.6 Å². The molecule has 0 heterocycles. The molecule has 0 spiro atoms. The first-order valence-corrected chi connectivity index (χ1v) is 5.90. The summed E-state index contributed by atoms with van der Waals surface area (Å²) in [6.45, 7) is 4.63. The second-order valence-corrected chi connectivity index (χ2v) is 4.80. The van der Waals surface area contributed by atoms with Crippen molar-refractivity contribution in [3.05, 3.63) is 34.9 Å². The first-order chi connectivity index (χ1) is 7.22. The predicted octanol–water partition coefficient (Wildman–Crippen LogP) is 3.18. The monoisotopic (exact) mass is 204 g/mol. The minimum absolute atomic E-state index is 0.314. The zero-order chi connectivity index (χ0) is 10.8. The van der Waals surface area contributed by atoms with Gasteiger partial charge in [0.25, 0.3) is 0 Å². The van der Waals surface area contributed by atoms with Gasteiger partial charge in [0, 0.05) is 6.61 Å². The summed E-state index contributed by atoms with van der Waals surface area (Å²) < 4.78 is 0. The second kappa shape index (κ2) is 4.36. The van der Waals surface area contributed by atoms with E-state index in [1.165, 1.54) is 29.5 Å². The van der Waals surface area contributed by atoms with Crippen molar-refractivity contribution in [1.29, 1.82) is 0 Å². The maximum atomic E-state index is 9.10. The summed E-state index contributed by atoms with van der Waals surface area (Å²) in [4.78, 5) is 0. The van der Waals surface area contributed by atoms with Crippen molar-refractivity contribution in [3.8, 4) is 0 Å². The molecular weight excluding hydrogens is 184 g/mol. The van der Waals surface area contributed by atoms with Crippen LogP contribution in [0.1, 0.15) is 41.9 Å². The lowest BCUT2D eigenvalue weighted by Crippen LogP contribution is -2.04. The molecule has 1 saturated carbocycles. The molecule has 0 radical (unpaired) electrons. The summed E-state index contributed by atoms with van der Waals surface area (Å²) in [5.41, 5.74) is 4.16. The van der Waals surface area contributed by atoms with Crippen molar-refractivity contribution in [3.63, 3.8) is 0 Å². The maximum Gasteiger partial charge on any atom is 0.0436 e. The molecule has 1 aliphatic carbocycles. The van der Waals surface area contributed by atoms with Gasteiger partial charge in [-0.2, -0.15) is 0 Å². The van der Waals surface area contributed by atoms with E-state index in [-0.39, 0.29) is 0 Å². The molecule has 82 valence electrons. The second-order valence-electron chi connectivity index (χ2n) is 4.80. The molecule has 1 heteroatoms. The number of hydrogen-bond donors (Lipinski definition) is 1. The number of hydrogen-bond acceptors (Lipinski definition) is 1. The number of benzene rings is 1. The number of aliphatic hydroxyl groups excluding tert-OH is 1. The average Bonchev–Trinajstić information content (AvgIpc) is 3.02. The highest BCUT2D eigenvalue weighted by Gasteiger charge is 2.31. The van der Waals surface area contributed by atoms with Gasteiger partial charge in [0.05, 0.1) is 0 Å². The van der Waals surface area contributed by atoms with Crippen molar-refractivity contribution >= 4 is 0 Å². The molecular formula is C14H20O. The van der Waals surface area contributed by atoms with Crippen molar-refractivity contribution in [2.24, 2.45) is 5.92 Å². The molecule has 1 aromatic carbocycles. The van der Waals surface area contributed by atoms with Gasteiger partial charge in [-0.15, -0.1) is 0 Å². The Kier molecular flexibility index (Phi) is 3.11. The Hall–Kier alpha value is -0.820. The number of aryl methyl sites for hydroxylation is 2. The highest BCUT2D eigenvalue weighted by molar-refractivity contribution is 5.32. The van der Waals surface area contributed by atoms with Gasteiger partial charge < -0.3 is 5.11 Å². The molecule has 1 aliphatic rings. The van der Waals surface area contributed by atoms with E-state index in [0.29, 0.717) is 12.5 Å². The summed E-state index contributed by atoms with van der Waals surface area (Å²) in [5, 5.41) is 9.10. The van der Waals surface area contributed by atoms with E-state index in [1.807, 2.05) is 0 Å². The molecule has 2 rings (SSSR count). The normalized spacial score (nSPS) is 17.8. The van der Waals surface area contributed by atoms with E-state index in [9.17, 15) is 0 Å². The van der Waals surface area contributed by atoms with Crippen LogP contribution in [0.25, 0.3) is 0 Å². The smallest absolute Gasteiger partial charge is 0.0436 e. The van der Waals surface area contributed by atoms with Crippen LogP contribution in [0.5, 0.6) is 0 Å². The fourth-order valence-corrected chi connectivity index (χ4v) is 2.31. The van der Waals surface area contributed by atoms with Crippen molar-refractivity contribution < 1.29 is 5.11 Å². The molecule has 1 fully saturated rings. The van der Waals surface area contributed by atoms with Crippen molar-refractivity contribution in [1.82, 2.24) is 0 Å². The molecule has 1 nitrogen and oxygen atoms in total. The van der Waals surface area contributed by atoms with Crippen LogP contribution in [-0.2, 0) is 0 Å². The van der Waals surface area contributed by atoms with Crippen molar-refractivity contribution in [2.75, 3.05) is 6.61 Å². The van der Waals surface area contributed by atoms with Crippen LogP contribution in [-0.4, -0.2) is 11.7 Å². The summed E-state index contributed by atoms with van der Waals surface area (Å²) in [6, 6.07) is 6.74. The van der Waals surface area contributed by atoms with Gasteiger partial charge in [0.15, 0.2) is 0 Å². The van der Waals surface area contributed by atoms with Gasteiger partial charge in [-0.25, -0.2) is 0 Å². The van der Waals surface area contributed by atoms with E-state index < -0.39 is 0 Å². The van der Waals surface area contributed by atoms with E-state index in [1.54, 1.807) is 0 Å². The third-order valence-corrected chi connectivity index (χ3v) is 3.59. The quantitative estimate of drug-likeness (QED) is 0.798. The fraction of sp³-hybridized carbons (Fsp3) is 0.571. The Bertz CT molecular complexity index is 339. The Morgan fingerprint density at radius 2 is 2.00 bits per heavy atom. The third kappa shape index (κ3) is 2.40. The Balaban J connectivity index is 2.21. The Morgan fingerprint density at radius 1 is 1.27 bits per heavy atom. The standard InChI is InChI=1S/C14H20O/c1-10-3-4-13(9-11(10)2)14(7-8-15)12-5-6-12/h3-4,9,12,14-15H,5-8H2,1-2H3. The third-order valence-electron chi connectivity index (χ3n) is 3.59. The van der Waals surface area contributed by atoms with Crippen LogP contribution >= 0.6 is 0 Å². The van der Waals surface area contributed by atoms with E-state index in [2.05, 4.69) is 32.0 Å². The minimum atomic E-state index is 0.314. The van der Waals surface area contributed by atoms with Crippen LogP contribution in [0, 0.1) is 19.8 Å². The van der Waals surface area contributed by atoms with Gasteiger partial charge in [-0.3, -0.25) is 0 Å². The maximum absolute atomic E-state index is 9.10. The molecule has 1 aromatic rings. The number of aliphatic hydroxyl groups is 1. The Morgan fingerprint density at radius 3 is 2.53 bits per heavy atom. The van der Waals surface area contributed by atoms with Crippen LogP contribution in [0.3, 0.4) is 0 Å². The highest BCUT2D eigenvalue weighted by atomic mass is 16.3.